The van der Waals surface area contributed by atoms with Gasteiger partial charge in [-0.05, 0) is 31.6 Å². The molecule has 83 heavy (non-hydrogen) atoms. The molecule has 5 atom stereocenters. The highest BCUT2D eigenvalue weighted by molar-refractivity contribution is 7.47. The van der Waals surface area contributed by atoms with Crippen molar-refractivity contribution in [3.8, 4) is 0 Å². The second-order valence-electron chi connectivity index (χ2n) is 23.6. The average molecular weight is 1230 g/mol. The first kappa shape index (κ1) is 81.1. The quantitative estimate of drug-likeness (QED) is 0.0222. The minimum Gasteiger partial charge on any atom is -0.462 e. The van der Waals surface area contributed by atoms with E-state index in [2.05, 4.69) is 34.6 Å². The first-order valence-electron chi connectivity index (χ1n) is 33.6. The van der Waals surface area contributed by atoms with Gasteiger partial charge in [-0.2, -0.15) is 0 Å². The molecule has 0 heterocycles. The minimum atomic E-state index is -4.94. The Balaban J connectivity index is 5.17. The average Bonchev–Trinajstić information content (AvgIpc) is 3.45. The molecular weight excluding hydrogens is 1100 g/mol. The molecule has 0 spiro atoms. The van der Waals surface area contributed by atoms with Gasteiger partial charge < -0.3 is 33.8 Å². The molecule has 0 aliphatic carbocycles. The third kappa shape index (κ3) is 58.8. The van der Waals surface area contributed by atoms with Crippen molar-refractivity contribution in [3.05, 3.63) is 0 Å². The van der Waals surface area contributed by atoms with E-state index in [1.807, 2.05) is 0 Å². The van der Waals surface area contributed by atoms with E-state index in [-0.39, 0.29) is 25.7 Å². The van der Waals surface area contributed by atoms with Crippen LogP contribution in [0.25, 0.3) is 0 Å². The molecule has 3 N–H and O–H groups in total. The summed E-state index contributed by atoms with van der Waals surface area (Å²) in [6.45, 7) is 7.10. The molecule has 0 saturated heterocycles. The monoisotopic (exact) mass is 1230 g/mol. The standard InChI is InChI=1S/C64H124O17P2/c1-6-9-12-15-18-20-21-22-23-24-25-26-27-28-35-40-45-50-64(69)81-60(54-75-62(67)48-43-38-34-30-29-32-36-41-46-57(4)5)56-79-83(72,73)77-52-58(65)51-76-82(70,71)78-55-59(53-74-61(66)47-42-37-31-17-14-11-8-3)80-63(68)49-44-39-33-19-16-13-10-7-2/h57-60,65H,6-56H2,1-5H3,(H,70,71)(H,72,73)/t58-,59+,60+/m0/s1. The Kier molecular flexibility index (Phi) is 56.4. The number of esters is 4. The summed E-state index contributed by atoms with van der Waals surface area (Å²) in [6, 6.07) is 0. The molecule has 0 fully saturated rings. The number of carbonyl (C=O) groups is 4. The van der Waals surface area contributed by atoms with Crippen molar-refractivity contribution in [2.24, 2.45) is 5.92 Å². The fourth-order valence-electron chi connectivity index (χ4n) is 9.58. The Hall–Kier alpha value is -1.94. The zero-order chi connectivity index (χ0) is 61.3. The molecule has 492 valence electrons. The van der Waals surface area contributed by atoms with Crippen LogP contribution in [0, 0.1) is 5.92 Å². The lowest BCUT2D eigenvalue weighted by Gasteiger charge is -2.21. The fourth-order valence-corrected chi connectivity index (χ4v) is 11.2. The van der Waals surface area contributed by atoms with Crippen LogP contribution in [0.5, 0.6) is 0 Å². The largest absolute Gasteiger partial charge is 0.472 e. The van der Waals surface area contributed by atoms with Gasteiger partial charge >= 0.3 is 39.5 Å². The van der Waals surface area contributed by atoms with Crippen molar-refractivity contribution in [2.45, 2.75) is 342 Å². The van der Waals surface area contributed by atoms with Gasteiger partial charge in [-0.1, -0.05) is 272 Å². The smallest absolute Gasteiger partial charge is 0.462 e. The lowest BCUT2D eigenvalue weighted by atomic mass is 10.0. The van der Waals surface area contributed by atoms with E-state index in [1.54, 1.807) is 0 Å². The third-order valence-electron chi connectivity index (χ3n) is 14.8. The number of phosphoric ester groups is 2. The van der Waals surface area contributed by atoms with Crippen LogP contribution in [0.1, 0.15) is 324 Å². The number of rotatable bonds is 64. The van der Waals surface area contributed by atoms with Crippen LogP contribution < -0.4 is 0 Å². The summed E-state index contributed by atoms with van der Waals surface area (Å²) in [6.07, 6.45) is 41.9. The van der Waals surface area contributed by atoms with E-state index in [0.717, 1.165) is 115 Å². The van der Waals surface area contributed by atoms with Crippen molar-refractivity contribution in [3.63, 3.8) is 0 Å². The van der Waals surface area contributed by atoms with Crippen LogP contribution in [0.2, 0.25) is 0 Å². The van der Waals surface area contributed by atoms with E-state index in [4.69, 9.17) is 37.0 Å². The Morgan fingerprint density at radius 1 is 0.325 bits per heavy atom. The number of aliphatic hydroxyl groups excluding tert-OH is 1. The van der Waals surface area contributed by atoms with E-state index >= 15 is 0 Å². The lowest BCUT2D eigenvalue weighted by molar-refractivity contribution is -0.161. The maximum absolute atomic E-state index is 13.0. The molecule has 0 rings (SSSR count). The van der Waals surface area contributed by atoms with Gasteiger partial charge in [0, 0.05) is 25.7 Å². The summed E-state index contributed by atoms with van der Waals surface area (Å²) >= 11 is 0. The molecule has 0 aromatic rings. The summed E-state index contributed by atoms with van der Waals surface area (Å²) in [5, 5.41) is 10.5. The topological polar surface area (TPSA) is 237 Å². The molecular formula is C64H124O17P2. The molecule has 0 aliphatic heterocycles. The van der Waals surface area contributed by atoms with Crippen LogP contribution in [-0.4, -0.2) is 96.7 Å². The third-order valence-corrected chi connectivity index (χ3v) is 16.7. The van der Waals surface area contributed by atoms with Crippen molar-refractivity contribution < 1.29 is 80.2 Å². The van der Waals surface area contributed by atoms with Crippen molar-refractivity contribution in [1.29, 1.82) is 0 Å². The fraction of sp³-hybridized carbons (Fsp3) is 0.938. The molecule has 19 heteroatoms. The molecule has 0 aromatic heterocycles. The molecule has 0 saturated carbocycles. The Labute approximate surface area is 505 Å². The highest BCUT2D eigenvalue weighted by atomic mass is 31.2. The number of carbonyl (C=O) groups excluding carboxylic acids is 4. The summed E-state index contributed by atoms with van der Waals surface area (Å²) in [5.41, 5.74) is 0. The Bertz CT molecular complexity index is 1620. The minimum absolute atomic E-state index is 0.105. The summed E-state index contributed by atoms with van der Waals surface area (Å²) < 4.78 is 67.8. The number of hydrogen-bond acceptors (Lipinski definition) is 15. The maximum atomic E-state index is 13.0. The Morgan fingerprint density at radius 3 is 0.819 bits per heavy atom. The summed E-state index contributed by atoms with van der Waals surface area (Å²) in [5.74, 6) is -1.41. The van der Waals surface area contributed by atoms with Crippen LogP contribution in [0.3, 0.4) is 0 Å². The van der Waals surface area contributed by atoms with Gasteiger partial charge in [0.15, 0.2) is 12.2 Å². The highest BCUT2D eigenvalue weighted by Gasteiger charge is 2.30. The molecule has 0 amide bonds. The number of unbranched alkanes of at least 4 members (excludes halogenated alkanes) is 36. The van der Waals surface area contributed by atoms with E-state index < -0.39 is 97.5 Å². The second kappa shape index (κ2) is 57.8. The molecule has 0 radical (unpaired) electrons. The highest BCUT2D eigenvalue weighted by Crippen LogP contribution is 2.45. The second-order valence-corrected chi connectivity index (χ2v) is 26.5. The van der Waals surface area contributed by atoms with Crippen molar-refractivity contribution in [2.75, 3.05) is 39.6 Å². The zero-order valence-corrected chi connectivity index (χ0v) is 55.1. The van der Waals surface area contributed by atoms with E-state index in [1.165, 1.54) is 128 Å². The summed E-state index contributed by atoms with van der Waals surface area (Å²) in [4.78, 5) is 72.0. The first-order valence-corrected chi connectivity index (χ1v) is 36.6. The van der Waals surface area contributed by atoms with Gasteiger partial charge in [0.2, 0.25) is 0 Å². The molecule has 17 nitrogen and oxygen atoms in total. The summed E-state index contributed by atoms with van der Waals surface area (Å²) in [7, 11) is -9.88. The SMILES string of the molecule is CCCCCCCCCCCCCCCCCCCC(=O)O[C@H](COC(=O)CCCCCCCCCCC(C)C)COP(=O)(O)OC[C@@H](O)COP(=O)(O)OC[C@@H](COC(=O)CCCCCCCCC)OC(=O)CCCCCCCCCC. The molecule has 0 bridgehead atoms. The van der Waals surface area contributed by atoms with Gasteiger partial charge in [-0.3, -0.25) is 37.3 Å². The van der Waals surface area contributed by atoms with Crippen molar-refractivity contribution >= 4 is 39.5 Å². The van der Waals surface area contributed by atoms with E-state index in [0.29, 0.717) is 25.7 Å². The van der Waals surface area contributed by atoms with Crippen LogP contribution in [-0.2, 0) is 65.4 Å². The van der Waals surface area contributed by atoms with Crippen LogP contribution in [0.4, 0.5) is 0 Å². The number of hydrogen-bond donors (Lipinski definition) is 3. The maximum Gasteiger partial charge on any atom is 0.472 e. The van der Waals surface area contributed by atoms with E-state index in [9.17, 15) is 43.2 Å². The number of ether oxygens (including phenoxy) is 4. The van der Waals surface area contributed by atoms with Gasteiger partial charge in [0.25, 0.3) is 0 Å². The molecule has 0 aromatic carbocycles. The van der Waals surface area contributed by atoms with Gasteiger partial charge in [0.1, 0.15) is 19.3 Å². The van der Waals surface area contributed by atoms with Gasteiger partial charge in [-0.25, -0.2) is 9.13 Å². The number of phosphoric acid groups is 2. The molecule has 2 unspecified atom stereocenters. The predicted molar refractivity (Wildman–Crippen MR) is 331 cm³/mol. The normalized spacial score (nSPS) is 14.2. The van der Waals surface area contributed by atoms with Crippen LogP contribution >= 0.6 is 15.6 Å². The van der Waals surface area contributed by atoms with Gasteiger partial charge in [0.05, 0.1) is 26.4 Å². The first-order chi connectivity index (χ1) is 40.0. The zero-order valence-electron chi connectivity index (χ0n) is 53.3. The lowest BCUT2D eigenvalue weighted by Crippen LogP contribution is -2.30. The number of aliphatic hydroxyl groups is 1. The predicted octanol–water partition coefficient (Wildman–Crippen LogP) is 17.8. The van der Waals surface area contributed by atoms with Crippen molar-refractivity contribution in [1.82, 2.24) is 0 Å². The van der Waals surface area contributed by atoms with Gasteiger partial charge in [-0.15, -0.1) is 0 Å². The van der Waals surface area contributed by atoms with Crippen LogP contribution in [0.15, 0.2) is 0 Å². The molecule has 0 aliphatic rings. The Morgan fingerprint density at radius 2 is 0.554 bits per heavy atom.